The number of benzene rings is 2. The van der Waals surface area contributed by atoms with E-state index < -0.39 is 11.7 Å². The third kappa shape index (κ3) is 2.67. The average molecular weight is 353 g/mol. The molecule has 0 aliphatic carbocycles. The van der Waals surface area contributed by atoms with Gasteiger partial charge in [-0.3, -0.25) is 9.69 Å². The van der Waals surface area contributed by atoms with Crippen LogP contribution in [0.25, 0.3) is 11.0 Å². The second-order valence-electron chi connectivity index (χ2n) is 6.06. The highest BCUT2D eigenvalue weighted by molar-refractivity contribution is 6.07. The van der Waals surface area contributed by atoms with Crippen LogP contribution in [0.1, 0.15) is 16.1 Å². The molecule has 1 saturated heterocycles. The minimum atomic E-state index is -0.508. The first-order valence-electron chi connectivity index (χ1n) is 8.19. The highest BCUT2D eigenvalue weighted by atomic mass is 19.1. The fourth-order valence-corrected chi connectivity index (χ4v) is 3.08. The first-order valence-corrected chi connectivity index (χ1v) is 8.19. The average Bonchev–Trinajstić information content (AvgIpc) is 3.20. The topological polar surface area (TPSA) is 74.6 Å². The molecule has 0 spiro atoms. The first-order chi connectivity index (χ1) is 12.5. The van der Waals surface area contributed by atoms with Crippen LogP contribution < -0.4 is 15.5 Å². The van der Waals surface area contributed by atoms with Crippen LogP contribution in [0.3, 0.4) is 0 Å². The second-order valence-corrected chi connectivity index (χ2v) is 6.06. The van der Waals surface area contributed by atoms with Crippen molar-refractivity contribution in [3.8, 4) is 0 Å². The number of para-hydroxylation sites is 1. The van der Waals surface area contributed by atoms with E-state index in [4.69, 9.17) is 4.42 Å². The van der Waals surface area contributed by atoms with E-state index in [1.165, 1.54) is 6.07 Å². The van der Waals surface area contributed by atoms with E-state index in [2.05, 4.69) is 10.6 Å². The number of aryl methyl sites for hydroxylation is 1. The molecule has 7 heteroatoms. The van der Waals surface area contributed by atoms with Crippen LogP contribution in [0, 0.1) is 12.7 Å². The van der Waals surface area contributed by atoms with E-state index in [-0.39, 0.29) is 17.4 Å². The molecule has 132 valence electrons. The molecule has 0 bridgehead atoms. The van der Waals surface area contributed by atoms with Crippen LogP contribution in [0.15, 0.2) is 46.9 Å². The van der Waals surface area contributed by atoms with E-state index in [1.807, 2.05) is 0 Å². The lowest BCUT2D eigenvalue weighted by atomic mass is 10.1. The van der Waals surface area contributed by atoms with Crippen LogP contribution in [-0.4, -0.2) is 25.0 Å². The van der Waals surface area contributed by atoms with Crippen molar-refractivity contribution in [2.24, 2.45) is 0 Å². The number of nitrogens with one attached hydrogen (secondary N) is 2. The second kappa shape index (κ2) is 6.18. The van der Waals surface area contributed by atoms with Gasteiger partial charge in [0.15, 0.2) is 17.2 Å². The number of rotatable bonds is 3. The molecule has 3 aromatic rings. The highest BCUT2D eigenvalue weighted by Gasteiger charge is 2.22. The Morgan fingerprint density at radius 1 is 1.27 bits per heavy atom. The standard InChI is InChI=1S/C19H16FN3O3/c1-11-14-6-3-7-15(20)17(14)26-16(11)18(24)22-12-4-2-5-13(10-12)23-9-8-21-19(23)25/h2-7,10H,8-9H2,1H3,(H,21,25)(H,22,24). The number of nitrogens with zero attached hydrogens (tertiary/aromatic N) is 1. The Morgan fingerprint density at radius 3 is 2.81 bits per heavy atom. The zero-order valence-corrected chi connectivity index (χ0v) is 14.0. The Kier molecular flexibility index (Phi) is 3.84. The molecule has 6 nitrogen and oxygen atoms in total. The highest BCUT2D eigenvalue weighted by Crippen LogP contribution is 2.28. The maximum atomic E-state index is 13.9. The molecule has 0 radical (unpaired) electrons. The first kappa shape index (κ1) is 16.1. The van der Waals surface area contributed by atoms with Gasteiger partial charge < -0.3 is 15.1 Å². The fourth-order valence-electron chi connectivity index (χ4n) is 3.08. The van der Waals surface area contributed by atoms with E-state index in [0.29, 0.717) is 35.4 Å². The van der Waals surface area contributed by atoms with Crippen molar-refractivity contribution in [3.63, 3.8) is 0 Å². The normalized spacial score (nSPS) is 13.9. The zero-order chi connectivity index (χ0) is 18.3. The Bertz CT molecular complexity index is 1030. The van der Waals surface area contributed by atoms with E-state index >= 15 is 0 Å². The summed E-state index contributed by atoms with van der Waals surface area (Å²) in [7, 11) is 0. The number of carbonyl (C=O) groups excluding carboxylic acids is 2. The smallest absolute Gasteiger partial charge is 0.321 e. The van der Waals surface area contributed by atoms with Gasteiger partial charge in [0.05, 0.1) is 0 Å². The summed E-state index contributed by atoms with van der Waals surface area (Å²) >= 11 is 0. The minimum Gasteiger partial charge on any atom is -0.448 e. The van der Waals surface area contributed by atoms with Crippen molar-refractivity contribution in [1.29, 1.82) is 0 Å². The summed E-state index contributed by atoms with van der Waals surface area (Å²) in [6.45, 7) is 2.86. The van der Waals surface area contributed by atoms with E-state index in [1.54, 1.807) is 48.2 Å². The van der Waals surface area contributed by atoms with Crippen LogP contribution in [0.5, 0.6) is 0 Å². The number of hydrogen-bond acceptors (Lipinski definition) is 3. The molecule has 3 amide bonds. The van der Waals surface area contributed by atoms with Crippen molar-refractivity contribution in [2.45, 2.75) is 6.92 Å². The molecular weight excluding hydrogens is 337 g/mol. The van der Waals surface area contributed by atoms with Crippen LogP contribution in [0.4, 0.5) is 20.6 Å². The molecule has 26 heavy (non-hydrogen) atoms. The number of hydrogen-bond donors (Lipinski definition) is 2. The van der Waals surface area contributed by atoms with Crippen LogP contribution >= 0.6 is 0 Å². The lowest BCUT2D eigenvalue weighted by Crippen LogP contribution is -2.27. The quantitative estimate of drug-likeness (QED) is 0.755. The summed E-state index contributed by atoms with van der Waals surface area (Å²) in [6, 6.07) is 11.4. The molecule has 1 aromatic heterocycles. The molecule has 0 unspecified atom stereocenters. The molecule has 2 heterocycles. The van der Waals surface area contributed by atoms with Crippen molar-refractivity contribution < 1.29 is 18.4 Å². The Labute approximate surface area is 148 Å². The van der Waals surface area contributed by atoms with Gasteiger partial charge in [-0.2, -0.15) is 0 Å². The van der Waals surface area contributed by atoms with Gasteiger partial charge in [-0.25, -0.2) is 9.18 Å². The summed E-state index contributed by atoms with van der Waals surface area (Å²) in [5.41, 5.74) is 1.85. The number of halogens is 1. The molecule has 1 fully saturated rings. The summed E-state index contributed by atoms with van der Waals surface area (Å²) in [6.07, 6.45) is 0. The van der Waals surface area contributed by atoms with Crippen molar-refractivity contribution in [1.82, 2.24) is 5.32 Å². The monoisotopic (exact) mass is 353 g/mol. The van der Waals surface area contributed by atoms with Crippen molar-refractivity contribution >= 4 is 34.3 Å². The fraction of sp³-hybridized carbons (Fsp3) is 0.158. The molecule has 2 N–H and O–H groups in total. The molecule has 4 rings (SSSR count). The van der Waals surface area contributed by atoms with E-state index in [0.717, 1.165) is 0 Å². The summed E-state index contributed by atoms with van der Waals surface area (Å²) < 4.78 is 19.3. The molecule has 2 aromatic carbocycles. The van der Waals surface area contributed by atoms with Gasteiger partial charge in [-0.15, -0.1) is 0 Å². The van der Waals surface area contributed by atoms with Gasteiger partial charge >= 0.3 is 6.03 Å². The summed E-state index contributed by atoms with van der Waals surface area (Å²) in [4.78, 5) is 26.0. The third-order valence-electron chi connectivity index (χ3n) is 4.39. The molecular formula is C19H16FN3O3. The van der Waals surface area contributed by atoms with Crippen LogP contribution in [-0.2, 0) is 0 Å². The zero-order valence-electron chi connectivity index (χ0n) is 14.0. The van der Waals surface area contributed by atoms with Crippen molar-refractivity contribution in [3.05, 3.63) is 59.6 Å². The van der Waals surface area contributed by atoms with Crippen LogP contribution in [0.2, 0.25) is 0 Å². The maximum Gasteiger partial charge on any atom is 0.321 e. The molecule has 1 aliphatic heterocycles. The SMILES string of the molecule is Cc1c(C(=O)Nc2cccc(N3CCNC3=O)c2)oc2c(F)cccc12. The van der Waals surface area contributed by atoms with E-state index in [9.17, 15) is 14.0 Å². The lowest BCUT2D eigenvalue weighted by Gasteiger charge is -2.15. The number of furan rings is 1. The van der Waals surface area contributed by atoms with Gasteiger partial charge in [0.1, 0.15) is 0 Å². The Hall–Kier alpha value is -3.35. The summed E-state index contributed by atoms with van der Waals surface area (Å²) in [5.74, 6) is -0.915. The van der Waals surface area contributed by atoms with Crippen molar-refractivity contribution in [2.75, 3.05) is 23.3 Å². The predicted molar refractivity (Wildman–Crippen MR) is 96.0 cm³/mol. The Morgan fingerprint density at radius 2 is 2.08 bits per heavy atom. The minimum absolute atomic E-state index is 0.0643. The number of urea groups is 1. The predicted octanol–water partition coefficient (Wildman–Crippen LogP) is 3.66. The molecule has 1 aliphatic rings. The van der Waals surface area contributed by atoms with Gasteiger partial charge in [-0.1, -0.05) is 18.2 Å². The largest absolute Gasteiger partial charge is 0.448 e. The third-order valence-corrected chi connectivity index (χ3v) is 4.39. The van der Waals surface area contributed by atoms with Gasteiger partial charge in [0, 0.05) is 35.4 Å². The number of amides is 3. The molecule has 0 saturated carbocycles. The molecule has 0 atom stereocenters. The van der Waals surface area contributed by atoms with Gasteiger partial charge in [0.25, 0.3) is 5.91 Å². The van der Waals surface area contributed by atoms with Gasteiger partial charge in [-0.05, 0) is 31.2 Å². The Balaban J connectivity index is 1.62. The number of fused-ring (bicyclic) bond motifs is 1. The van der Waals surface area contributed by atoms with Gasteiger partial charge in [0.2, 0.25) is 0 Å². The number of carbonyl (C=O) groups is 2. The maximum absolute atomic E-state index is 13.9. The lowest BCUT2D eigenvalue weighted by molar-refractivity contribution is 0.0997. The summed E-state index contributed by atoms with van der Waals surface area (Å²) in [5, 5.41) is 6.04. The number of anilines is 2.